The average molecular weight is 563 g/mol. The minimum Gasteiger partial charge on any atom is -0.453 e. The molecule has 1 aliphatic carbocycles. The van der Waals surface area contributed by atoms with E-state index in [2.05, 4.69) is 30.9 Å². The number of carbonyl (C=O) groups excluding carboxylic acids is 1. The summed E-state index contributed by atoms with van der Waals surface area (Å²) >= 11 is 0. The van der Waals surface area contributed by atoms with Gasteiger partial charge in [0.05, 0.1) is 24.1 Å². The highest BCUT2D eigenvalue weighted by Crippen LogP contribution is 2.47. The Morgan fingerprint density at radius 1 is 1.22 bits per heavy atom. The van der Waals surface area contributed by atoms with E-state index in [9.17, 15) is 9.18 Å². The van der Waals surface area contributed by atoms with Gasteiger partial charge in [0.2, 0.25) is 6.79 Å². The maximum Gasteiger partial charge on any atom is 0.252 e. The Labute approximate surface area is 235 Å². The van der Waals surface area contributed by atoms with E-state index in [-0.39, 0.29) is 24.7 Å². The molecule has 1 aliphatic heterocycles. The summed E-state index contributed by atoms with van der Waals surface area (Å²) in [6, 6.07) is 6.95. The lowest BCUT2D eigenvalue weighted by atomic mass is 9.76. The fourth-order valence-electron chi connectivity index (χ4n) is 5.40. The quantitative estimate of drug-likeness (QED) is 0.288. The predicted molar refractivity (Wildman–Crippen MR) is 146 cm³/mol. The van der Waals surface area contributed by atoms with Gasteiger partial charge >= 0.3 is 0 Å². The molecule has 41 heavy (non-hydrogen) atoms. The number of hydrogen-bond acceptors (Lipinski definition) is 9. The van der Waals surface area contributed by atoms with Crippen LogP contribution < -0.4 is 20.1 Å². The number of nitrogens with zero attached hydrogens (tertiary/aromatic N) is 5. The topological polar surface area (TPSA) is 141 Å². The van der Waals surface area contributed by atoms with E-state index in [4.69, 9.17) is 19.2 Å². The Morgan fingerprint density at radius 2 is 2.05 bits per heavy atom. The van der Waals surface area contributed by atoms with Crippen molar-refractivity contribution in [3.05, 3.63) is 65.6 Å². The molecule has 4 aromatic heterocycles. The summed E-state index contributed by atoms with van der Waals surface area (Å²) in [5.74, 6) is 2.49. The molecular formula is C28H31FN8O4. The molecule has 0 spiro atoms. The SMILES string of the molecule is CO[C@]1(C(=O)N[C@@H](C)c2ccc(-n3cc(F)cn3)nc2)CC[C@H](c2nc(Nc3cc(C)[nH]n3)cc3c2OCO3)CC1. The van der Waals surface area contributed by atoms with Crippen LogP contribution in [0.3, 0.4) is 0 Å². The van der Waals surface area contributed by atoms with Gasteiger partial charge < -0.3 is 24.8 Å². The summed E-state index contributed by atoms with van der Waals surface area (Å²) in [5, 5.41) is 17.4. The molecule has 214 valence electrons. The fraction of sp³-hybridized carbons (Fsp3) is 0.393. The molecule has 5 heterocycles. The number of H-pyrrole nitrogens is 1. The summed E-state index contributed by atoms with van der Waals surface area (Å²) in [6.07, 6.45) is 6.42. The fourth-order valence-corrected chi connectivity index (χ4v) is 5.40. The van der Waals surface area contributed by atoms with E-state index >= 15 is 0 Å². The second-order valence-corrected chi connectivity index (χ2v) is 10.4. The molecule has 1 saturated carbocycles. The van der Waals surface area contributed by atoms with Crippen LogP contribution in [0.2, 0.25) is 0 Å². The normalized spacial score (nSPS) is 20.5. The van der Waals surface area contributed by atoms with E-state index in [0.29, 0.717) is 54.6 Å². The molecule has 13 heteroatoms. The number of halogens is 1. The summed E-state index contributed by atoms with van der Waals surface area (Å²) in [5.41, 5.74) is 1.58. The minimum atomic E-state index is -0.965. The lowest BCUT2D eigenvalue weighted by molar-refractivity contribution is -0.148. The van der Waals surface area contributed by atoms with Crippen LogP contribution in [0.4, 0.5) is 16.0 Å². The number of pyridine rings is 2. The monoisotopic (exact) mass is 562 g/mol. The number of aromatic amines is 1. The Morgan fingerprint density at radius 3 is 2.71 bits per heavy atom. The standard InChI is InChI=1S/C28H31FN8O4/c1-16-10-23(36-35-16)33-22-11-21-26(41-15-40-21)25(34-22)18-6-8-28(39-3,9-7-18)27(38)32-17(2)19-4-5-24(30-12-19)37-14-20(29)13-31-37/h4-5,10-14,17-18H,6-9,15H2,1-3H3,(H,32,38)(H2,33,34,35,36)/t17-,18-,28+/m0/s1. The van der Waals surface area contributed by atoms with Crippen molar-refractivity contribution in [2.45, 2.75) is 57.1 Å². The van der Waals surface area contributed by atoms with Crippen molar-refractivity contribution >= 4 is 17.5 Å². The number of ether oxygens (including phenoxy) is 3. The highest BCUT2D eigenvalue weighted by Gasteiger charge is 2.44. The molecule has 0 radical (unpaired) electrons. The number of aromatic nitrogens is 6. The first kappa shape index (κ1) is 26.7. The number of fused-ring (bicyclic) bond motifs is 1. The summed E-state index contributed by atoms with van der Waals surface area (Å²) in [4.78, 5) is 22.7. The maximum absolute atomic E-state index is 13.5. The third kappa shape index (κ3) is 5.32. The van der Waals surface area contributed by atoms with Crippen LogP contribution in [0, 0.1) is 12.7 Å². The second kappa shape index (κ2) is 10.8. The van der Waals surface area contributed by atoms with Crippen LogP contribution in [0.5, 0.6) is 11.5 Å². The number of methoxy groups -OCH3 is 1. The van der Waals surface area contributed by atoms with Crippen molar-refractivity contribution < 1.29 is 23.4 Å². The molecule has 12 nitrogen and oxygen atoms in total. The summed E-state index contributed by atoms with van der Waals surface area (Å²) < 4.78 is 32.0. The lowest BCUT2D eigenvalue weighted by Crippen LogP contribution is -2.50. The smallest absolute Gasteiger partial charge is 0.252 e. The first-order valence-electron chi connectivity index (χ1n) is 13.5. The number of amides is 1. The van der Waals surface area contributed by atoms with Gasteiger partial charge in [-0.25, -0.2) is 19.0 Å². The van der Waals surface area contributed by atoms with Crippen molar-refractivity contribution in [3.8, 4) is 17.3 Å². The van der Waals surface area contributed by atoms with E-state index in [1.807, 2.05) is 32.0 Å². The van der Waals surface area contributed by atoms with E-state index in [1.165, 1.54) is 10.9 Å². The van der Waals surface area contributed by atoms with Crippen molar-refractivity contribution in [1.82, 2.24) is 35.3 Å². The van der Waals surface area contributed by atoms with Gasteiger partial charge in [0.1, 0.15) is 11.4 Å². The molecule has 0 saturated heterocycles. The Kier molecular flexibility index (Phi) is 7.03. The van der Waals surface area contributed by atoms with Crippen molar-refractivity contribution in [1.29, 1.82) is 0 Å². The Hall–Kier alpha value is -4.52. The number of hydrogen-bond donors (Lipinski definition) is 3. The number of nitrogens with one attached hydrogen (secondary N) is 3. The predicted octanol–water partition coefficient (Wildman–Crippen LogP) is 4.23. The van der Waals surface area contributed by atoms with E-state index in [1.54, 1.807) is 19.4 Å². The molecule has 2 aliphatic rings. The number of aryl methyl sites for hydroxylation is 1. The third-order valence-corrected chi connectivity index (χ3v) is 7.73. The van der Waals surface area contributed by atoms with Crippen LogP contribution in [0.15, 0.2) is 42.9 Å². The molecule has 6 rings (SSSR count). The number of carbonyl (C=O) groups is 1. The Balaban J connectivity index is 1.13. The summed E-state index contributed by atoms with van der Waals surface area (Å²) in [7, 11) is 1.58. The van der Waals surface area contributed by atoms with Gasteiger partial charge in [0.25, 0.3) is 5.91 Å². The largest absolute Gasteiger partial charge is 0.453 e. The first-order chi connectivity index (χ1) is 19.8. The third-order valence-electron chi connectivity index (χ3n) is 7.73. The van der Waals surface area contributed by atoms with Crippen LogP contribution >= 0.6 is 0 Å². The Bertz CT molecular complexity index is 1540. The van der Waals surface area contributed by atoms with Gasteiger partial charge in [-0.15, -0.1) is 0 Å². The summed E-state index contributed by atoms with van der Waals surface area (Å²) in [6.45, 7) is 3.95. The van der Waals surface area contributed by atoms with Gasteiger partial charge in [-0.2, -0.15) is 10.2 Å². The number of rotatable bonds is 8. The highest BCUT2D eigenvalue weighted by atomic mass is 19.1. The molecular weight excluding hydrogens is 531 g/mol. The molecule has 4 aromatic rings. The lowest BCUT2D eigenvalue weighted by Gasteiger charge is -2.38. The maximum atomic E-state index is 13.5. The first-order valence-corrected chi connectivity index (χ1v) is 13.5. The molecule has 0 bridgehead atoms. The van der Waals surface area contributed by atoms with Crippen molar-refractivity contribution in [2.75, 3.05) is 19.2 Å². The van der Waals surface area contributed by atoms with Crippen LogP contribution in [0.1, 0.15) is 61.5 Å². The van der Waals surface area contributed by atoms with Gasteiger partial charge in [0.15, 0.2) is 29.0 Å². The molecule has 0 aromatic carbocycles. The second-order valence-electron chi connectivity index (χ2n) is 10.4. The number of anilines is 2. The zero-order chi connectivity index (χ0) is 28.6. The van der Waals surface area contributed by atoms with Gasteiger partial charge in [-0.05, 0) is 51.2 Å². The van der Waals surface area contributed by atoms with Crippen molar-refractivity contribution in [2.24, 2.45) is 0 Å². The zero-order valence-corrected chi connectivity index (χ0v) is 23.0. The van der Waals surface area contributed by atoms with Gasteiger partial charge in [0, 0.05) is 37.1 Å². The molecule has 1 fully saturated rings. The molecule has 3 N–H and O–H groups in total. The van der Waals surface area contributed by atoms with Crippen LogP contribution in [0.25, 0.3) is 5.82 Å². The average Bonchev–Trinajstić information content (AvgIpc) is 3.74. The molecule has 1 atom stereocenters. The van der Waals surface area contributed by atoms with Crippen LogP contribution in [-0.4, -0.2) is 55.4 Å². The van der Waals surface area contributed by atoms with Crippen molar-refractivity contribution in [3.63, 3.8) is 0 Å². The molecule has 1 amide bonds. The van der Waals surface area contributed by atoms with E-state index < -0.39 is 11.4 Å². The van der Waals surface area contributed by atoms with Gasteiger partial charge in [-0.3, -0.25) is 9.89 Å². The van der Waals surface area contributed by atoms with Crippen LogP contribution in [-0.2, 0) is 9.53 Å². The van der Waals surface area contributed by atoms with Gasteiger partial charge in [-0.1, -0.05) is 6.07 Å². The highest BCUT2D eigenvalue weighted by molar-refractivity contribution is 5.85. The van der Waals surface area contributed by atoms with E-state index in [0.717, 1.165) is 23.1 Å². The minimum absolute atomic E-state index is 0.0606. The molecule has 0 unspecified atom stereocenters. The zero-order valence-electron chi connectivity index (χ0n) is 23.0.